The maximum absolute atomic E-state index is 11.9. The molecule has 0 unspecified atom stereocenters. The van der Waals surface area contributed by atoms with Crippen LogP contribution >= 0.6 is 0 Å². The third-order valence-corrected chi connectivity index (χ3v) is 4.36. The van der Waals surface area contributed by atoms with E-state index in [1.807, 2.05) is 24.3 Å². The van der Waals surface area contributed by atoms with E-state index in [0.29, 0.717) is 13.2 Å². The quantitative estimate of drug-likeness (QED) is 0.636. The van der Waals surface area contributed by atoms with E-state index in [0.717, 1.165) is 19.3 Å². The van der Waals surface area contributed by atoms with Crippen LogP contribution in [0.5, 0.6) is 0 Å². The van der Waals surface area contributed by atoms with E-state index in [1.165, 1.54) is 22.3 Å². The topological polar surface area (TPSA) is 38.3 Å². The van der Waals surface area contributed by atoms with Gasteiger partial charge in [-0.25, -0.2) is 4.79 Å². The first-order valence-corrected chi connectivity index (χ1v) is 8.33. The highest BCUT2D eigenvalue weighted by atomic mass is 16.5. The molecule has 0 radical (unpaired) electrons. The zero-order valence-corrected chi connectivity index (χ0v) is 13.6. The van der Waals surface area contributed by atoms with Gasteiger partial charge in [0.05, 0.1) is 0 Å². The Morgan fingerprint density at radius 1 is 1.04 bits per heavy atom. The van der Waals surface area contributed by atoms with Gasteiger partial charge in [-0.1, -0.05) is 48.5 Å². The molecule has 0 spiro atoms. The zero-order chi connectivity index (χ0) is 16.8. The molecular weight excluding hydrogens is 298 g/mol. The molecule has 1 amide bonds. The molecule has 0 atom stereocenters. The highest BCUT2D eigenvalue weighted by Gasteiger charge is 2.28. The second-order valence-electron chi connectivity index (χ2n) is 5.91. The van der Waals surface area contributed by atoms with Crippen molar-refractivity contribution in [3.63, 3.8) is 0 Å². The fourth-order valence-electron chi connectivity index (χ4n) is 3.19. The molecule has 24 heavy (non-hydrogen) atoms. The van der Waals surface area contributed by atoms with Crippen LogP contribution in [0.3, 0.4) is 0 Å². The van der Waals surface area contributed by atoms with Gasteiger partial charge in [-0.15, -0.1) is 12.3 Å². The summed E-state index contributed by atoms with van der Waals surface area (Å²) in [5.41, 5.74) is 4.91. The fourth-order valence-corrected chi connectivity index (χ4v) is 3.19. The number of rotatable bonds is 6. The van der Waals surface area contributed by atoms with Crippen molar-refractivity contribution in [1.29, 1.82) is 0 Å². The maximum Gasteiger partial charge on any atom is 0.407 e. The first-order valence-electron chi connectivity index (χ1n) is 8.33. The smallest absolute Gasteiger partial charge is 0.407 e. The Bertz CT molecular complexity index is 715. The molecule has 0 saturated heterocycles. The number of benzene rings is 2. The van der Waals surface area contributed by atoms with Crippen LogP contribution in [-0.4, -0.2) is 19.2 Å². The highest BCUT2D eigenvalue weighted by molar-refractivity contribution is 5.79. The molecule has 1 aliphatic rings. The molecular formula is C21H21NO2. The average Bonchev–Trinajstić information content (AvgIpc) is 2.94. The molecule has 0 aromatic heterocycles. The number of hydrogen-bond donors (Lipinski definition) is 1. The van der Waals surface area contributed by atoms with Crippen LogP contribution in [-0.2, 0) is 4.74 Å². The minimum atomic E-state index is -0.363. The molecule has 0 bridgehead atoms. The largest absolute Gasteiger partial charge is 0.449 e. The number of terminal acetylenes is 1. The summed E-state index contributed by atoms with van der Waals surface area (Å²) in [6.07, 6.45) is 7.37. The predicted octanol–water partition coefficient (Wildman–Crippen LogP) is 4.33. The lowest BCUT2D eigenvalue weighted by Crippen LogP contribution is -2.27. The van der Waals surface area contributed by atoms with Crippen molar-refractivity contribution in [1.82, 2.24) is 5.32 Å². The van der Waals surface area contributed by atoms with Gasteiger partial charge in [0.1, 0.15) is 6.61 Å². The number of carbonyl (C=O) groups excluding carboxylic acids is 1. The first kappa shape index (κ1) is 16.1. The molecule has 1 N–H and O–H groups in total. The number of hydrogen-bond acceptors (Lipinski definition) is 2. The molecule has 2 aromatic carbocycles. The molecule has 3 nitrogen and oxygen atoms in total. The zero-order valence-electron chi connectivity index (χ0n) is 13.6. The second kappa shape index (κ2) is 7.70. The Morgan fingerprint density at radius 2 is 1.67 bits per heavy atom. The molecule has 0 fully saturated rings. The molecule has 0 aliphatic heterocycles. The number of alkyl carbamates (subject to hydrolysis) is 1. The van der Waals surface area contributed by atoms with E-state index in [4.69, 9.17) is 11.2 Å². The van der Waals surface area contributed by atoms with E-state index in [2.05, 4.69) is 35.5 Å². The first-order chi connectivity index (χ1) is 11.8. The SMILES string of the molecule is C#CCCCCNC(=O)OCC1c2ccccc2-c2ccccc21. The summed E-state index contributed by atoms with van der Waals surface area (Å²) in [6.45, 7) is 0.947. The summed E-state index contributed by atoms with van der Waals surface area (Å²) >= 11 is 0. The van der Waals surface area contributed by atoms with Crippen LogP contribution in [0, 0.1) is 12.3 Å². The van der Waals surface area contributed by atoms with Gasteiger partial charge < -0.3 is 10.1 Å². The molecule has 0 saturated carbocycles. The summed E-state index contributed by atoms with van der Waals surface area (Å²) in [5.74, 6) is 2.69. The monoisotopic (exact) mass is 319 g/mol. The van der Waals surface area contributed by atoms with Gasteiger partial charge in [-0.2, -0.15) is 0 Å². The minimum Gasteiger partial charge on any atom is -0.449 e. The Kier molecular flexibility index (Phi) is 5.18. The van der Waals surface area contributed by atoms with E-state index in [-0.39, 0.29) is 12.0 Å². The number of carbonyl (C=O) groups is 1. The van der Waals surface area contributed by atoms with Crippen LogP contribution in [0.4, 0.5) is 4.79 Å². The summed E-state index contributed by atoms with van der Waals surface area (Å²) in [5, 5.41) is 2.78. The maximum atomic E-state index is 11.9. The molecule has 1 aliphatic carbocycles. The van der Waals surface area contributed by atoms with Crippen LogP contribution in [0.1, 0.15) is 36.3 Å². The van der Waals surface area contributed by atoms with Crippen molar-refractivity contribution >= 4 is 6.09 Å². The lowest BCUT2D eigenvalue weighted by Gasteiger charge is -2.14. The molecule has 3 rings (SSSR count). The molecule has 3 heteroatoms. The van der Waals surface area contributed by atoms with Crippen molar-refractivity contribution < 1.29 is 9.53 Å². The van der Waals surface area contributed by atoms with Crippen molar-refractivity contribution in [2.45, 2.75) is 25.2 Å². The van der Waals surface area contributed by atoms with E-state index in [1.54, 1.807) is 0 Å². The standard InChI is InChI=1S/C21H21NO2/c1-2-3-4-9-14-22-21(23)24-15-20-18-12-7-5-10-16(18)17-11-6-8-13-19(17)20/h1,5-8,10-13,20H,3-4,9,14-15H2,(H,22,23). The summed E-state index contributed by atoms with van der Waals surface area (Å²) < 4.78 is 5.46. The number of fused-ring (bicyclic) bond motifs is 3. The number of ether oxygens (including phenoxy) is 1. The normalized spacial score (nSPS) is 12.1. The lowest BCUT2D eigenvalue weighted by atomic mass is 9.98. The Hall–Kier alpha value is -2.73. The number of unbranched alkanes of at least 4 members (excludes halogenated alkanes) is 2. The van der Waals surface area contributed by atoms with E-state index >= 15 is 0 Å². The van der Waals surface area contributed by atoms with Crippen LogP contribution in [0.25, 0.3) is 11.1 Å². The predicted molar refractivity (Wildman–Crippen MR) is 95.8 cm³/mol. The summed E-state index contributed by atoms with van der Waals surface area (Å²) in [6, 6.07) is 16.6. The molecule has 0 heterocycles. The fraction of sp³-hybridized carbons (Fsp3) is 0.286. The Labute approximate surface area is 143 Å². The van der Waals surface area contributed by atoms with Gasteiger partial charge in [0, 0.05) is 18.9 Å². The van der Waals surface area contributed by atoms with E-state index in [9.17, 15) is 4.79 Å². The van der Waals surface area contributed by atoms with Crippen LogP contribution in [0.2, 0.25) is 0 Å². The third kappa shape index (κ3) is 3.44. The lowest BCUT2D eigenvalue weighted by molar-refractivity contribution is 0.143. The van der Waals surface area contributed by atoms with E-state index < -0.39 is 0 Å². The highest BCUT2D eigenvalue weighted by Crippen LogP contribution is 2.44. The van der Waals surface area contributed by atoms with Crippen molar-refractivity contribution in [3.05, 3.63) is 59.7 Å². The van der Waals surface area contributed by atoms with Crippen molar-refractivity contribution in [3.8, 4) is 23.5 Å². The van der Waals surface area contributed by atoms with Crippen molar-refractivity contribution in [2.24, 2.45) is 0 Å². The second-order valence-corrected chi connectivity index (χ2v) is 5.91. The summed E-state index contributed by atoms with van der Waals surface area (Å²) in [4.78, 5) is 11.9. The van der Waals surface area contributed by atoms with Gasteiger partial charge in [0.25, 0.3) is 0 Å². The van der Waals surface area contributed by atoms with Gasteiger partial charge in [0.15, 0.2) is 0 Å². The number of amides is 1. The Balaban J connectivity index is 1.60. The number of nitrogens with one attached hydrogen (secondary N) is 1. The summed E-state index contributed by atoms with van der Waals surface area (Å²) in [7, 11) is 0. The van der Waals surface area contributed by atoms with Gasteiger partial charge >= 0.3 is 6.09 Å². The minimum absolute atomic E-state index is 0.101. The van der Waals surface area contributed by atoms with Gasteiger partial charge in [0.2, 0.25) is 0 Å². The van der Waals surface area contributed by atoms with Crippen LogP contribution < -0.4 is 5.32 Å². The average molecular weight is 319 g/mol. The Morgan fingerprint density at radius 3 is 2.29 bits per heavy atom. The van der Waals surface area contributed by atoms with Gasteiger partial charge in [-0.05, 0) is 35.1 Å². The van der Waals surface area contributed by atoms with Crippen molar-refractivity contribution in [2.75, 3.05) is 13.2 Å². The van der Waals surface area contributed by atoms with Crippen LogP contribution in [0.15, 0.2) is 48.5 Å². The molecule has 2 aromatic rings. The molecule has 122 valence electrons. The third-order valence-electron chi connectivity index (χ3n) is 4.36. The van der Waals surface area contributed by atoms with Gasteiger partial charge in [-0.3, -0.25) is 0 Å².